The molecular formula is C12H25NO2. The molecule has 1 N–H and O–H groups in total. The van der Waals surface area contributed by atoms with Crippen LogP contribution in [-0.4, -0.2) is 49.5 Å². The van der Waals surface area contributed by atoms with Crippen molar-refractivity contribution >= 4 is 0 Å². The zero-order valence-electron chi connectivity index (χ0n) is 10.1. The lowest BCUT2D eigenvalue weighted by atomic mass is 9.99. The Hall–Kier alpha value is -0.120. The molecule has 1 aliphatic heterocycles. The van der Waals surface area contributed by atoms with E-state index in [-0.39, 0.29) is 0 Å². The number of rotatable bonds is 6. The Labute approximate surface area is 93.4 Å². The third kappa shape index (κ3) is 5.50. The third-order valence-electron chi connectivity index (χ3n) is 2.86. The first-order chi connectivity index (χ1) is 7.22. The van der Waals surface area contributed by atoms with Gasteiger partial charge in [0, 0.05) is 26.3 Å². The quantitative estimate of drug-likeness (QED) is 0.679. The van der Waals surface area contributed by atoms with Gasteiger partial charge in [-0.3, -0.25) is 0 Å². The number of nitrogens with zero attached hydrogens (tertiary/aromatic N) is 1. The molecule has 0 radical (unpaired) electrons. The van der Waals surface area contributed by atoms with Crippen molar-refractivity contribution in [3.05, 3.63) is 0 Å². The summed E-state index contributed by atoms with van der Waals surface area (Å²) in [5, 5.41) is 9.10. The van der Waals surface area contributed by atoms with E-state index in [2.05, 4.69) is 18.7 Å². The largest absolute Gasteiger partial charge is 0.396 e. The summed E-state index contributed by atoms with van der Waals surface area (Å²) in [6, 6.07) is 0. The van der Waals surface area contributed by atoms with Gasteiger partial charge in [-0.15, -0.1) is 0 Å². The summed E-state index contributed by atoms with van der Waals surface area (Å²) in [5.41, 5.74) is 0. The zero-order valence-corrected chi connectivity index (χ0v) is 10.1. The molecule has 0 aromatic rings. The van der Waals surface area contributed by atoms with Crippen LogP contribution in [0.25, 0.3) is 0 Å². The van der Waals surface area contributed by atoms with Gasteiger partial charge in [-0.2, -0.15) is 0 Å². The maximum atomic E-state index is 9.10. The van der Waals surface area contributed by atoms with Crippen LogP contribution in [-0.2, 0) is 4.74 Å². The Morgan fingerprint density at radius 2 is 2.27 bits per heavy atom. The molecule has 1 saturated heterocycles. The molecule has 1 unspecified atom stereocenters. The summed E-state index contributed by atoms with van der Waals surface area (Å²) >= 11 is 0. The van der Waals surface area contributed by atoms with Gasteiger partial charge in [0.25, 0.3) is 0 Å². The van der Waals surface area contributed by atoms with Crippen molar-refractivity contribution in [1.82, 2.24) is 4.90 Å². The first-order valence-corrected chi connectivity index (χ1v) is 6.13. The molecule has 0 saturated carbocycles. The molecule has 0 aliphatic carbocycles. The fraction of sp³-hybridized carbons (Fsp3) is 1.00. The van der Waals surface area contributed by atoms with Gasteiger partial charge >= 0.3 is 0 Å². The monoisotopic (exact) mass is 215 g/mol. The molecule has 0 bridgehead atoms. The Morgan fingerprint density at radius 1 is 1.47 bits per heavy atom. The van der Waals surface area contributed by atoms with Gasteiger partial charge in [-0.05, 0) is 31.2 Å². The lowest BCUT2D eigenvalue weighted by Gasteiger charge is -2.31. The van der Waals surface area contributed by atoms with Crippen LogP contribution in [0.2, 0.25) is 0 Å². The summed E-state index contributed by atoms with van der Waals surface area (Å²) in [7, 11) is 0. The average molecular weight is 215 g/mol. The number of hydrogen-bond acceptors (Lipinski definition) is 3. The minimum atomic E-state index is 0.337. The van der Waals surface area contributed by atoms with E-state index in [1.165, 1.54) is 19.4 Å². The van der Waals surface area contributed by atoms with Crippen LogP contribution < -0.4 is 0 Å². The van der Waals surface area contributed by atoms with Gasteiger partial charge in [0.05, 0.1) is 6.61 Å². The van der Waals surface area contributed by atoms with Crippen molar-refractivity contribution in [1.29, 1.82) is 0 Å². The number of ether oxygens (including phenoxy) is 1. The van der Waals surface area contributed by atoms with E-state index in [4.69, 9.17) is 9.84 Å². The van der Waals surface area contributed by atoms with Crippen molar-refractivity contribution in [2.45, 2.75) is 26.7 Å². The maximum Gasteiger partial charge on any atom is 0.0593 e. The van der Waals surface area contributed by atoms with Crippen LogP contribution in [0.1, 0.15) is 26.7 Å². The number of aliphatic hydroxyl groups is 1. The summed E-state index contributed by atoms with van der Waals surface area (Å²) in [6.45, 7) is 9.59. The van der Waals surface area contributed by atoms with Crippen LogP contribution in [0.4, 0.5) is 0 Å². The van der Waals surface area contributed by atoms with Gasteiger partial charge in [0.1, 0.15) is 0 Å². The standard InChI is InChI=1S/C12H25NO2/c1-11(2)10-15-7-6-13-5-3-4-12(8-13)9-14/h11-12,14H,3-10H2,1-2H3. The highest BCUT2D eigenvalue weighted by atomic mass is 16.5. The topological polar surface area (TPSA) is 32.7 Å². The molecule has 0 aromatic heterocycles. The fourth-order valence-electron chi connectivity index (χ4n) is 2.02. The lowest BCUT2D eigenvalue weighted by molar-refractivity contribution is 0.0614. The van der Waals surface area contributed by atoms with Crippen molar-refractivity contribution in [2.24, 2.45) is 11.8 Å². The molecule has 3 heteroatoms. The molecule has 0 aromatic carbocycles. The van der Waals surface area contributed by atoms with Gasteiger partial charge in [0.2, 0.25) is 0 Å². The summed E-state index contributed by atoms with van der Waals surface area (Å²) in [6.07, 6.45) is 2.40. The molecular weight excluding hydrogens is 190 g/mol. The predicted octanol–water partition coefficient (Wildman–Crippen LogP) is 1.36. The third-order valence-corrected chi connectivity index (χ3v) is 2.86. The van der Waals surface area contributed by atoms with Crippen LogP contribution in [0, 0.1) is 11.8 Å². The molecule has 3 nitrogen and oxygen atoms in total. The molecule has 1 atom stereocenters. The van der Waals surface area contributed by atoms with Gasteiger partial charge in [0.15, 0.2) is 0 Å². The first-order valence-electron chi connectivity index (χ1n) is 6.13. The minimum absolute atomic E-state index is 0.337. The predicted molar refractivity (Wildman–Crippen MR) is 61.9 cm³/mol. The van der Waals surface area contributed by atoms with Crippen molar-refractivity contribution in [3.63, 3.8) is 0 Å². The van der Waals surface area contributed by atoms with Crippen molar-refractivity contribution < 1.29 is 9.84 Å². The van der Waals surface area contributed by atoms with Crippen molar-refractivity contribution in [2.75, 3.05) is 39.5 Å². The van der Waals surface area contributed by atoms with E-state index >= 15 is 0 Å². The number of aliphatic hydroxyl groups excluding tert-OH is 1. The SMILES string of the molecule is CC(C)COCCN1CCCC(CO)C1. The van der Waals surface area contributed by atoms with E-state index in [1.54, 1.807) is 0 Å². The average Bonchev–Trinajstić information content (AvgIpc) is 2.24. The van der Waals surface area contributed by atoms with Crippen LogP contribution in [0.3, 0.4) is 0 Å². The Kier molecular flexibility index (Phi) is 6.22. The van der Waals surface area contributed by atoms with Crippen LogP contribution in [0.15, 0.2) is 0 Å². The van der Waals surface area contributed by atoms with E-state index in [1.807, 2.05) is 0 Å². The Balaban J connectivity index is 2.05. The maximum absolute atomic E-state index is 9.10. The smallest absolute Gasteiger partial charge is 0.0593 e. The highest BCUT2D eigenvalue weighted by Gasteiger charge is 2.18. The van der Waals surface area contributed by atoms with E-state index < -0.39 is 0 Å². The van der Waals surface area contributed by atoms with Crippen LogP contribution >= 0.6 is 0 Å². The Morgan fingerprint density at radius 3 is 2.93 bits per heavy atom. The van der Waals surface area contributed by atoms with E-state index in [0.717, 1.165) is 26.3 Å². The second kappa shape index (κ2) is 7.20. The first kappa shape index (κ1) is 12.9. The molecule has 90 valence electrons. The normalized spacial score (nSPS) is 23.6. The van der Waals surface area contributed by atoms with Gasteiger partial charge < -0.3 is 14.7 Å². The lowest BCUT2D eigenvalue weighted by Crippen LogP contribution is -2.38. The fourth-order valence-corrected chi connectivity index (χ4v) is 2.02. The molecule has 1 aliphatic rings. The summed E-state index contributed by atoms with van der Waals surface area (Å²) in [4.78, 5) is 2.41. The zero-order chi connectivity index (χ0) is 11.1. The van der Waals surface area contributed by atoms with E-state index in [9.17, 15) is 0 Å². The van der Waals surface area contributed by atoms with Crippen molar-refractivity contribution in [3.8, 4) is 0 Å². The van der Waals surface area contributed by atoms with E-state index in [0.29, 0.717) is 18.4 Å². The highest BCUT2D eigenvalue weighted by molar-refractivity contribution is 4.71. The number of likely N-dealkylation sites (tertiary alicyclic amines) is 1. The second-order valence-corrected chi connectivity index (χ2v) is 4.96. The molecule has 1 heterocycles. The van der Waals surface area contributed by atoms with Crippen LogP contribution in [0.5, 0.6) is 0 Å². The van der Waals surface area contributed by atoms with Gasteiger partial charge in [-0.1, -0.05) is 13.8 Å². The summed E-state index contributed by atoms with van der Waals surface area (Å²) in [5.74, 6) is 1.11. The molecule has 0 spiro atoms. The molecule has 15 heavy (non-hydrogen) atoms. The Bertz CT molecular complexity index is 162. The molecule has 0 amide bonds. The number of hydrogen-bond donors (Lipinski definition) is 1. The summed E-state index contributed by atoms with van der Waals surface area (Å²) < 4.78 is 5.56. The second-order valence-electron chi connectivity index (χ2n) is 4.96. The molecule has 1 fully saturated rings. The van der Waals surface area contributed by atoms with Gasteiger partial charge in [-0.25, -0.2) is 0 Å². The minimum Gasteiger partial charge on any atom is -0.396 e. The highest BCUT2D eigenvalue weighted by Crippen LogP contribution is 2.15. The number of piperidine rings is 1. The molecule has 1 rings (SSSR count).